The Balaban J connectivity index is 2.57. The number of carbonyl (C=O) groups is 1. The minimum atomic E-state index is -0.437. The van der Waals surface area contributed by atoms with Crippen LogP contribution in [0.4, 0.5) is 0 Å². The van der Waals surface area contributed by atoms with Crippen LogP contribution in [0.25, 0.3) is 0 Å². The molecule has 0 amide bonds. The van der Waals surface area contributed by atoms with Crippen LogP contribution in [0, 0.1) is 22.2 Å². The van der Waals surface area contributed by atoms with Crippen molar-refractivity contribution in [1.29, 1.82) is 5.26 Å². The third-order valence-corrected chi connectivity index (χ3v) is 7.89. The number of halogens is 2. The summed E-state index contributed by atoms with van der Waals surface area (Å²) in [5, 5.41) is 8.96. The first kappa shape index (κ1) is 11.6. The Morgan fingerprint density at radius 1 is 1.53 bits per heavy atom. The first-order valence-corrected chi connectivity index (χ1v) is 6.79. The Labute approximate surface area is 107 Å². The predicted octanol–water partition coefficient (Wildman–Crippen LogP) is 3.19. The summed E-state index contributed by atoms with van der Waals surface area (Å²) < 4.78 is -0.437. The molecule has 0 N–H and O–H groups in total. The second-order valence-electron chi connectivity index (χ2n) is 5.17. The number of nitrogens with zero attached hydrogens (tertiary/aromatic N) is 1. The molecule has 15 heavy (non-hydrogen) atoms. The monoisotopic (exact) mass is 333 g/mol. The first-order valence-electron chi connectivity index (χ1n) is 5.08. The van der Waals surface area contributed by atoms with Crippen molar-refractivity contribution < 1.29 is 4.79 Å². The van der Waals surface area contributed by atoms with Gasteiger partial charge in [0.05, 0.1) is 10.4 Å². The van der Waals surface area contributed by atoms with Gasteiger partial charge in [0.25, 0.3) is 0 Å². The van der Waals surface area contributed by atoms with E-state index in [1.807, 2.05) is 13.8 Å². The van der Waals surface area contributed by atoms with Crippen molar-refractivity contribution in [3.63, 3.8) is 0 Å². The molecule has 0 heterocycles. The topological polar surface area (TPSA) is 40.9 Å². The number of ketones is 1. The lowest BCUT2D eigenvalue weighted by Gasteiger charge is -2.40. The molecule has 82 valence electrons. The van der Waals surface area contributed by atoms with E-state index in [1.54, 1.807) is 0 Å². The first-order chi connectivity index (χ1) is 6.83. The maximum Gasteiger partial charge on any atom is 0.156 e. The van der Waals surface area contributed by atoms with Gasteiger partial charge in [-0.15, -0.1) is 0 Å². The molecule has 3 atom stereocenters. The van der Waals surface area contributed by atoms with Crippen molar-refractivity contribution in [2.45, 2.75) is 42.3 Å². The van der Waals surface area contributed by atoms with E-state index in [0.717, 1.165) is 12.8 Å². The second-order valence-corrected chi connectivity index (χ2v) is 7.50. The highest BCUT2D eigenvalue weighted by atomic mass is 79.9. The minimum absolute atomic E-state index is 0.0830. The number of nitriles is 1. The molecule has 0 aliphatic heterocycles. The van der Waals surface area contributed by atoms with Gasteiger partial charge in [0, 0.05) is 22.1 Å². The third-order valence-electron chi connectivity index (χ3n) is 4.41. The van der Waals surface area contributed by atoms with Crippen LogP contribution < -0.4 is 0 Å². The van der Waals surface area contributed by atoms with Gasteiger partial charge in [-0.2, -0.15) is 5.26 Å². The van der Waals surface area contributed by atoms with Gasteiger partial charge in [0.2, 0.25) is 0 Å². The van der Waals surface area contributed by atoms with E-state index < -0.39 is 9.74 Å². The summed E-state index contributed by atoms with van der Waals surface area (Å²) in [5.41, 5.74) is -0.596. The van der Waals surface area contributed by atoms with Crippen molar-refractivity contribution in [2.75, 3.05) is 0 Å². The van der Waals surface area contributed by atoms with E-state index in [2.05, 4.69) is 37.9 Å². The number of fused-ring (bicyclic) bond motifs is 2. The Morgan fingerprint density at radius 3 is 2.53 bits per heavy atom. The quantitative estimate of drug-likeness (QED) is 0.691. The maximum atomic E-state index is 12.3. The Hall–Kier alpha value is 0.120. The molecule has 2 nitrogen and oxygen atoms in total. The summed E-state index contributed by atoms with van der Waals surface area (Å²) in [4.78, 5) is 12.4. The van der Waals surface area contributed by atoms with E-state index >= 15 is 0 Å². The molecular weight excluding hydrogens is 322 g/mol. The lowest BCUT2D eigenvalue weighted by Crippen LogP contribution is -2.42. The fraction of sp³-hybridized carbons (Fsp3) is 0.818. The third kappa shape index (κ3) is 1.07. The second kappa shape index (κ2) is 3.07. The van der Waals surface area contributed by atoms with Gasteiger partial charge in [0.15, 0.2) is 5.78 Å². The lowest BCUT2D eigenvalue weighted by molar-refractivity contribution is -0.131. The van der Waals surface area contributed by atoms with Crippen LogP contribution in [0.5, 0.6) is 0 Å². The zero-order chi connectivity index (χ0) is 11.5. The van der Waals surface area contributed by atoms with Gasteiger partial charge >= 0.3 is 0 Å². The van der Waals surface area contributed by atoms with Crippen LogP contribution in [-0.4, -0.2) is 14.9 Å². The average Bonchev–Trinajstić information content (AvgIpc) is 2.48. The molecule has 0 aromatic heterocycles. The Morgan fingerprint density at radius 2 is 2.13 bits per heavy atom. The highest BCUT2D eigenvalue weighted by molar-refractivity contribution is 9.13. The maximum absolute atomic E-state index is 12.3. The van der Waals surface area contributed by atoms with Crippen LogP contribution >= 0.6 is 31.9 Å². The van der Waals surface area contributed by atoms with Crippen molar-refractivity contribution >= 4 is 37.6 Å². The molecule has 2 rings (SSSR count). The van der Waals surface area contributed by atoms with E-state index in [-0.39, 0.29) is 16.0 Å². The fourth-order valence-corrected chi connectivity index (χ4v) is 5.77. The molecule has 2 aliphatic carbocycles. The van der Waals surface area contributed by atoms with Crippen LogP contribution in [-0.2, 0) is 4.79 Å². The molecule has 0 aromatic carbocycles. The van der Waals surface area contributed by atoms with E-state index in [1.165, 1.54) is 0 Å². The largest absolute Gasteiger partial charge is 0.297 e. The highest BCUT2D eigenvalue weighted by Gasteiger charge is 2.74. The highest BCUT2D eigenvalue weighted by Crippen LogP contribution is 2.70. The van der Waals surface area contributed by atoms with Crippen molar-refractivity contribution in [2.24, 2.45) is 10.8 Å². The van der Waals surface area contributed by atoms with E-state index in [9.17, 15) is 4.79 Å². The molecule has 2 bridgehead atoms. The normalized spacial score (nSPS) is 46.9. The predicted molar refractivity (Wildman–Crippen MR) is 65.1 cm³/mol. The minimum Gasteiger partial charge on any atom is -0.297 e. The van der Waals surface area contributed by atoms with Crippen molar-refractivity contribution in [3.05, 3.63) is 0 Å². The molecule has 2 fully saturated rings. The molecule has 0 spiro atoms. The van der Waals surface area contributed by atoms with Gasteiger partial charge in [-0.3, -0.25) is 4.79 Å². The molecule has 2 aliphatic rings. The summed E-state index contributed by atoms with van der Waals surface area (Å²) in [5.74, 6) is 0.248. The number of rotatable bonds is 1. The van der Waals surface area contributed by atoms with Crippen LogP contribution in [0.1, 0.15) is 33.1 Å². The smallest absolute Gasteiger partial charge is 0.156 e. The number of Topliss-reactive ketones (excluding diaryl/α,β-unsaturated/α-hetero) is 1. The molecule has 4 heteroatoms. The molecule has 0 unspecified atom stereocenters. The van der Waals surface area contributed by atoms with Gasteiger partial charge < -0.3 is 0 Å². The lowest BCUT2D eigenvalue weighted by atomic mass is 9.63. The van der Waals surface area contributed by atoms with Gasteiger partial charge in [-0.05, 0) is 12.8 Å². The van der Waals surface area contributed by atoms with Crippen LogP contribution in [0.2, 0.25) is 0 Å². The van der Waals surface area contributed by atoms with Gasteiger partial charge in [-0.1, -0.05) is 45.7 Å². The number of hydrogen-bond acceptors (Lipinski definition) is 2. The van der Waals surface area contributed by atoms with Gasteiger partial charge in [0.1, 0.15) is 0 Å². The Kier molecular flexibility index (Phi) is 2.38. The summed E-state index contributed by atoms with van der Waals surface area (Å²) in [6, 6.07) is 2.25. The Bertz CT molecular complexity index is 373. The molecule has 0 saturated heterocycles. The SMILES string of the molecule is CC1(C)C(=O)[C@]2(Br)CC[C@]1(CC#N)[C@H]2Br. The fourth-order valence-electron chi connectivity index (χ4n) is 3.24. The zero-order valence-corrected chi connectivity index (χ0v) is 12.0. The summed E-state index contributed by atoms with van der Waals surface area (Å²) in [6.45, 7) is 3.95. The average molecular weight is 335 g/mol. The number of carbonyl (C=O) groups excluding carboxylic acids is 1. The molecule has 0 radical (unpaired) electrons. The van der Waals surface area contributed by atoms with E-state index in [4.69, 9.17) is 5.26 Å². The standard InChI is InChI=1S/C11H13Br2NO/c1-9(2)8(15)11(13)4-3-10(9,5-6-14)7(11)12/h7H,3-5H2,1-2H3/t7-,10+,11+/m1/s1. The molecular formula is C11H13Br2NO. The number of hydrogen-bond donors (Lipinski definition) is 0. The van der Waals surface area contributed by atoms with Crippen molar-refractivity contribution in [3.8, 4) is 6.07 Å². The zero-order valence-electron chi connectivity index (χ0n) is 8.81. The van der Waals surface area contributed by atoms with Crippen LogP contribution in [0.3, 0.4) is 0 Å². The molecule has 2 saturated carbocycles. The van der Waals surface area contributed by atoms with E-state index in [0.29, 0.717) is 6.42 Å². The van der Waals surface area contributed by atoms with Crippen molar-refractivity contribution in [1.82, 2.24) is 0 Å². The van der Waals surface area contributed by atoms with Crippen LogP contribution in [0.15, 0.2) is 0 Å². The van der Waals surface area contributed by atoms with Gasteiger partial charge in [-0.25, -0.2) is 0 Å². The molecule has 0 aromatic rings. The summed E-state index contributed by atoms with van der Waals surface area (Å²) in [7, 11) is 0. The summed E-state index contributed by atoms with van der Waals surface area (Å²) in [6.07, 6.45) is 2.24. The summed E-state index contributed by atoms with van der Waals surface area (Å²) >= 11 is 7.24. The number of alkyl halides is 2.